The van der Waals surface area contributed by atoms with Gasteiger partial charge in [0.15, 0.2) is 15.7 Å². The second-order valence-electron chi connectivity index (χ2n) is 4.99. The number of nitrogen functional groups attached to an aromatic ring is 1. The highest BCUT2D eigenvalue weighted by Gasteiger charge is 2.20. The highest BCUT2D eigenvalue weighted by Crippen LogP contribution is 2.25. The van der Waals surface area contributed by atoms with Crippen LogP contribution in [0.1, 0.15) is 6.42 Å². The van der Waals surface area contributed by atoms with Crippen molar-refractivity contribution < 1.29 is 21.9 Å². The molecule has 0 saturated carbocycles. The van der Waals surface area contributed by atoms with Crippen LogP contribution in [0.3, 0.4) is 0 Å². The zero-order chi connectivity index (χ0) is 15.5. The van der Waals surface area contributed by atoms with E-state index in [1.807, 2.05) is 4.90 Å². The van der Waals surface area contributed by atoms with Crippen molar-refractivity contribution in [2.24, 2.45) is 0 Å². The molecule has 0 spiro atoms. The van der Waals surface area contributed by atoms with Crippen LogP contribution in [0.5, 0.6) is 5.75 Å². The summed E-state index contributed by atoms with van der Waals surface area (Å²) in [5.74, 6) is -1.23. The van der Waals surface area contributed by atoms with Gasteiger partial charge >= 0.3 is 0 Å². The summed E-state index contributed by atoms with van der Waals surface area (Å²) < 4.78 is 54.1. The summed E-state index contributed by atoms with van der Waals surface area (Å²) in [5.41, 5.74) is 5.25. The number of sulfone groups is 1. The molecule has 0 aliphatic carbocycles. The zero-order valence-electron chi connectivity index (χ0n) is 11.5. The molecule has 0 radical (unpaired) electrons. The van der Waals surface area contributed by atoms with Crippen LogP contribution in [-0.4, -0.2) is 51.1 Å². The molecule has 0 aromatic heterocycles. The molecule has 118 valence electrons. The van der Waals surface area contributed by atoms with Crippen LogP contribution in [0, 0.1) is 11.6 Å². The molecule has 0 bridgehead atoms. The van der Waals surface area contributed by atoms with Gasteiger partial charge in [0, 0.05) is 31.8 Å². The molecule has 0 unspecified atom stereocenters. The number of rotatable bonds is 5. The number of halogens is 2. The maximum absolute atomic E-state index is 13.2. The third kappa shape index (κ3) is 4.53. The molecule has 0 atom stereocenters. The Morgan fingerprint density at radius 2 is 1.90 bits per heavy atom. The third-order valence-electron chi connectivity index (χ3n) is 3.37. The molecular weight excluding hydrogens is 302 g/mol. The van der Waals surface area contributed by atoms with Crippen molar-refractivity contribution in [3.8, 4) is 5.75 Å². The van der Waals surface area contributed by atoms with E-state index < -0.39 is 21.5 Å². The molecule has 1 aliphatic rings. The van der Waals surface area contributed by atoms with Gasteiger partial charge in [-0.1, -0.05) is 0 Å². The fourth-order valence-corrected chi connectivity index (χ4v) is 3.40. The van der Waals surface area contributed by atoms with Gasteiger partial charge in [-0.05, 0) is 6.42 Å². The maximum Gasteiger partial charge on any atom is 0.152 e. The molecule has 2 rings (SSSR count). The van der Waals surface area contributed by atoms with Gasteiger partial charge in [0.2, 0.25) is 0 Å². The number of benzene rings is 1. The van der Waals surface area contributed by atoms with E-state index in [4.69, 9.17) is 10.5 Å². The second-order valence-corrected chi connectivity index (χ2v) is 7.30. The molecule has 1 fully saturated rings. The summed E-state index contributed by atoms with van der Waals surface area (Å²) in [4.78, 5) is 2.03. The lowest BCUT2D eigenvalue weighted by Gasteiger charge is -2.26. The first-order valence-corrected chi connectivity index (χ1v) is 8.49. The topological polar surface area (TPSA) is 72.6 Å². The predicted octanol–water partition coefficient (Wildman–Crippen LogP) is 1.05. The van der Waals surface area contributed by atoms with Crippen LogP contribution < -0.4 is 10.5 Å². The minimum Gasteiger partial charge on any atom is -0.491 e. The summed E-state index contributed by atoms with van der Waals surface area (Å²) in [7, 11) is -2.88. The maximum atomic E-state index is 13.2. The van der Waals surface area contributed by atoms with Gasteiger partial charge in [0.05, 0.1) is 18.1 Å². The number of nitrogens with two attached hydrogens (primary N) is 1. The Labute approximate surface area is 122 Å². The average Bonchev–Trinajstić information content (AvgIpc) is 2.41. The normalized spacial score (nSPS) is 18.6. The van der Waals surface area contributed by atoms with Crippen molar-refractivity contribution in [3.63, 3.8) is 0 Å². The molecule has 0 amide bonds. The Morgan fingerprint density at radius 1 is 1.24 bits per heavy atom. The number of hydrogen-bond donors (Lipinski definition) is 1. The second kappa shape index (κ2) is 6.57. The molecule has 5 nitrogen and oxygen atoms in total. The quantitative estimate of drug-likeness (QED) is 0.648. The summed E-state index contributed by atoms with van der Waals surface area (Å²) >= 11 is 0. The standard InChI is InChI=1S/C13H18F2N2O3S/c14-10-8-11(15)13(16)12(9-10)20-5-1-2-17-3-6-21(18,19)7-4-17/h8-9H,1-7,16H2. The number of hydrogen-bond acceptors (Lipinski definition) is 5. The van der Waals surface area contributed by atoms with Gasteiger partial charge in [-0.2, -0.15) is 0 Å². The summed E-state index contributed by atoms with van der Waals surface area (Å²) in [6.45, 7) is 1.96. The van der Waals surface area contributed by atoms with Crippen molar-refractivity contribution >= 4 is 15.5 Å². The minimum atomic E-state index is -2.88. The Hall–Kier alpha value is -1.41. The van der Waals surface area contributed by atoms with Gasteiger partial charge < -0.3 is 15.4 Å². The van der Waals surface area contributed by atoms with E-state index in [0.717, 1.165) is 6.07 Å². The van der Waals surface area contributed by atoms with E-state index in [9.17, 15) is 17.2 Å². The van der Waals surface area contributed by atoms with Crippen LogP contribution in [0.4, 0.5) is 14.5 Å². The molecular formula is C13H18F2N2O3S. The van der Waals surface area contributed by atoms with E-state index in [2.05, 4.69) is 0 Å². The van der Waals surface area contributed by atoms with Gasteiger partial charge in [0.25, 0.3) is 0 Å². The Kier molecular flexibility index (Phi) is 5.00. The first-order chi connectivity index (χ1) is 9.87. The smallest absolute Gasteiger partial charge is 0.152 e. The summed E-state index contributed by atoms with van der Waals surface area (Å²) in [6.07, 6.45) is 0.623. The van der Waals surface area contributed by atoms with E-state index in [1.54, 1.807) is 0 Å². The van der Waals surface area contributed by atoms with Crippen LogP contribution in [0.2, 0.25) is 0 Å². The van der Waals surface area contributed by atoms with E-state index in [1.165, 1.54) is 0 Å². The highest BCUT2D eigenvalue weighted by atomic mass is 32.2. The Bertz CT molecular complexity index is 594. The van der Waals surface area contributed by atoms with Crippen LogP contribution in [0.15, 0.2) is 12.1 Å². The molecule has 21 heavy (non-hydrogen) atoms. The lowest BCUT2D eigenvalue weighted by molar-refractivity contribution is 0.245. The zero-order valence-corrected chi connectivity index (χ0v) is 12.3. The first-order valence-electron chi connectivity index (χ1n) is 6.67. The van der Waals surface area contributed by atoms with Crippen molar-refractivity contribution in [1.29, 1.82) is 0 Å². The van der Waals surface area contributed by atoms with Gasteiger partial charge in [-0.15, -0.1) is 0 Å². The SMILES string of the molecule is Nc1c(F)cc(F)cc1OCCCN1CCS(=O)(=O)CC1. The van der Waals surface area contributed by atoms with Crippen molar-refractivity contribution in [1.82, 2.24) is 4.90 Å². The number of anilines is 1. The molecule has 1 saturated heterocycles. The molecule has 1 aliphatic heterocycles. The number of nitrogens with zero attached hydrogens (tertiary/aromatic N) is 1. The van der Waals surface area contributed by atoms with E-state index in [-0.39, 0.29) is 29.5 Å². The minimum absolute atomic E-state index is 0.00581. The molecule has 1 aromatic rings. The first kappa shape index (κ1) is 16.0. The highest BCUT2D eigenvalue weighted by molar-refractivity contribution is 7.91. The van der Waals surface area contributed by atoms with Crippen LogP contribution >= 0.6 is 0 Å². The molecule has 2 N–H and O–H groups in total. The summed E-state index contributed by atoms with van der Waals surface area (Å²) in [6, 6.07) is 1.75. The third-order valence-corrected chi connectivity index (χ3v) is 4.98. The lowest BCUT2D eigenvalue weighted by atomic mass is 10.2. The largest absolute Gasteiger partial charge is 0.491 e. The van der Waals surface area contributed by atoms with Crippen LogP contribution in [-0.2, 0) is 9.84 Å². The average molecular weight is 320 g/mol. The van der Waals surface area contributed by atoms with Crippen LogP contribution in [0.25, 0.3) is 0 Å². The van der Waals surface area contributed by atoms with Gasteiger partial charge in [-0.25, -0.2) is 17.2 Å². The summed E-state index contributed by atoms with van der Waals surface area (Å²) in [5, 5.41) is 0. The van der Waals surface area contributed by atoms with E-state index in [0.29, 0.717) is 32.1 Å². The van der Waals surface area contributed by atoms with Crippen molar-refractivity contribution in [3.05, 3.63) is 23.8 Å². The molecule has 8 heteroatoms. The fourth-order valence-electron chi connectivity index (χ4n) is 2.12. The van der Waals surface area contributed by atoms with E-state index >= 15 is 0 Å². The van der Waals surface area contributed by atoms with Crippen molar-refractivity contribution in [2.75, 3.05) is 43.5 Å². The molecule has 1 heterocycles. The lowest BCUT2D eigenvalue weighted by Crippen LogP contribution is -2.40. The fraction of sp³-hybridized carbons (Fsp3) is 0.538. The van der Waals surface area contributed by atoms with Crippen molar-refractivity contribution in [2.45, 2.75) is 6.42 Å². The Balaban J connectivity index is 1.76. The molecule has 1 aromatic carbocycles. The van der Waals surface area contributed by atoms with Gasteiger partial charge in [0.1, 0.15) is 17.3 Å². The predicted molar refractivity (Wildman–Crippen MR) is 76.0 cm³/mol. The number of ether oxygens (including phenoxy) is 1. The Morgan fingerprint density at radius 3 is 2.57 bits per heavy atom. The monoisotopic (exact) mass is 320 g/mol. The van der Waals surface area contributed by atoms with Gasteiger partial charge in [-0.3, -0.25) is 0 Å².